The number of hydrazone groups is 1. The van der Waals surface area contributed by atoms with Crippen LogP contribution in [-0.2, 0) is 0 Å². The van der Waals surface area contributed by atoms with E-state index in [2.05, 4.69) is 10.5 Å². The van der Waals surface area contributed by atoms with Gasteiger partial charge in [-0.25, -0.2) is 4.39 Å². The van der Waals surface area contributed by atoms with Crippen LogP contribution in [0.3, 0.4) is 0 Å². The topological polar surface area (TPSA) is 33.6 Å². The molecule has 0 radical (unpaired) electrons. The Hall–Kier alpha value is -3.14. The minimum Gasteiger partial charge on any atom is -0.457 e. The van der Waals surface area contributed by atoms with Crippen LogP contribution in [0.1, 0.15) is 5.56 Å². The highest BCUT2D eigenvalue weighted by Crippen LogP contribution is 2.20. The first kappa shape index (κ1) is 14.8. The lowest BCUT2D eigenvalue weighted by atomic mass is 10.2. The molecule has 0 saturated heterocycles. The van der Waals surface area contributed by atoms with Crippen LogP contribution in [-0.4, -0.2) is 6.21 Å². The molecule has 0 unspecified atom stereocenters. The molecular formula is C19H15FN2O. The summed E-state index contributed by atoms with van der Waals surface area (Å²) in [6.07, 6.45) is 1.69. The molecule has 3 nitrogen and oxygen atoms in total. The number of halogens is 1. The summed E-state index contributed by atoms with van der Waals surface area (Å²) in [6, 6.07) is 23.2. The summed E-state index contributed by atoms with van der Waals surface area (Å²) in [5, 5.41) is 4.12. The molecule has 1 N–H and O–H groups in total. The van der Waals surface area contributed by atoms with Gasteiger partial charge in [0.25, 0.3) is 0 Å². The Morgan fingerprint density at radius 3 is 2.13 bits per heavy atom. The maximum absolute atomic E-state index is 12.8. The predicted molar refractivity (Wildman–Crippen MR) is 90.6 cm³/mol. The van der Waals surface area contributed by atoms with Gasteiger partial charge in [0.15, 0.2) is 0 Å². The molecule has 0 aliphatic heterocycles. The van der Waals surface area contributed by atoms with Crippen molar-refractivity contribution in [3.8, 4) is 11.5 Å². The van der Waals surface area contributed by atoms with Crippen molar-refractivity contribution in [2.75, 3.05) is 5.43 Å². The fraction of sp³-hybridized carbons (Fsp3) is 0. The number of hydrogen-bond acceptors (Lipinski definition) is 3. The highest BCUT2D eigenvalue weighted by molar-refractivity contribution is 5.80. The minimum atomic E-state index is -0.270. The second-order valence-electron chi connectivity index (χ2n) is 4.86. The van der Waals surface area contributed by atoms with Crippen LogP contribution in [0.25, 0.3) is 0 Å². The number of rotatable bonds is 5. The Morgan fingerprint density at radius 1 is 0.783 bits per heavy atom. The molecule has 23 heavy (non-hydrogen) atoms. The minimum absolute atomic E-state index is 0.270. The lowest BCUT2D eigenvalue weighted by molar-refractivity contribution is 0.482. The average molecular weight is 306 g/mol. The Balaban J connectivity index is 1.58. The molecule has 0 fully saturated rings. The van der Waals surface area contributed by atoms with Gasteiger partial charge in [0.1, 0.15) is 17.3 Å². The number of ether oxygens (including phenoxy) is 1. The number of benzene rings is 3. The first-order valence-corrected chi connectivity index (χ1v) is 7.17. The number of nitrogens with one attached hydrogen (secondary N) is 1. The van der Waals surface area contributed by atoms with E-state index in [0.717, 1.165) is 22.7 Å². The van der Waals surface area contributed by atoms with Crippen LogP contribution in [0.5, 0.6) is 11.5 Å². The predicted octanol–water partition coefficient (Wildman–Crippen LogP) is 5.06. The van der Waals surface area contributed by atoms with Gasteiger partial charge in [-0.05, 0) is 66.2 Å². The fourth-order valence-corrected chi connectivity index (χ4v) is 1.95. The van der Waals surface area contributed by atoms with Crippen LogP contribution < -0.4 is 10.2 Å². The van der Waals surface area contributed by atoms with Crippen LogP contribution >= 0.6 is 0 Å². The van der Waals surface area contributed by atoms with Crippen LogP contribution in [0.4, 0.5) is 10.1 Å². The highest BCUT2D eigenvalue weighted by Gasteiger charge is 1.96. The molecule has 0 saturated carbocycles. The van der Waals surface area contributed by atoms with Crippen molar-refractivity contribution in [3.05, 3.63) is 90.2 Å². The third kappa shape index (κ3) is 4.41. The van der Waals surface area contributed by atoms with E-state index in [1.807, 2.05) is 54.6 Å². The number of hydrogen-bond donors (Lipinski definition) is 1. The van der Waals surface area contributed by atoms with E-state index in [4.69, 9.17) is 4.74 Å². The van der Waals surface area contributed by atoms with Crippen molar-refractivity contribution in [2.45, 2.75) is 0 Å². The zero-order valence-corrected chi connectivity index (χ0v) is 12.3. The summed E-state index contributed by atoms with van der Waals surface area (Å²) < 4.78 is 18.5. The normalized spacial score (nSPS) is 10.7. The lowest BCUT2D eigenvalue weighted by Crippen LogP contribution is -1.91. The summed E-state index contributed by atoms with van der Waals surface area (Å²) in [6.45, 7) is 0. The van der Waals surface area contributed by atoms with Gasteiger partial charge in [-0.1, -0.05) is 18.2 Å². The quantitative estimate of drug-likeness (QED) is 0.528. The summed E-state index contributed by atoms with van der Waals surface area (Å²) in [5.41, 5.74) is 4.51. The molecule has 114 valence electrons. The molecule has 0 amide bonds. The smallest absolute Gasteiger partial charge is 0.127 e. The van der Waals surface area contributed by atoms with Crippen LogP contribution in [0.2, 0.25) is 0 Å². The van der Waals surface area contributed by atoms with Crippen molar-refractivity contribution in [3.63, 3.8) is 0 Å². The van der Waals surface area contributed by atoms with E-state index < -0.39 is 0 Å². The van der Waals surface area contributed by atoms with Crippen molar-refractivity contribution in [1.29, 1.82) is 0 Å². The second kappa shape index (κ2) is 7.22. The molecule has 0 bridgehead atoms. The van der Waals surface area contributed by atoms with Crippen molar-refractivity contribution < 1.29 is 9.13 Å². The van der Waals surface area contributed by atoms with Crippen LogP contribution in [0, 0.1) is 5.82 Å². The van der Waals surface area contributed by atoms with Gasteiger partial charge in [-0.2, -0.15) is 5.10 Å². The van der Waals surface area contributed by atoms with Crippen molar-refractivity contribution >= 4 is 11.9 Å². The molecule has 3 aromatic rings. The Kier molecular flexibility index (Phi) is 4.64. The largest absolute Gasteiger partial charge is 0.457 e. The summed E-state index contributed by atoms with van der Waals surface area (Å²) in [5.74, 6) is 1.29. The van der Waals surface area contributed by atoms with Crippen molar-refractivity contribution in [2.24, 2.45) is 5.10 Å². The number of nitrogens with zero attached hydrogens (tertiary/aromatic N) is 1. The number of para-hydroxylation sites is 1. The van der Waals surface area contributed by atoms with E-state index in [1.54, 1.807) is 18.3 Å². The molecule has 0 aliphatic carbocycles. The fourth-order valence-electron chi connectivity index (χ4n) is 1.95. The SMILES string of the molecule is Fc1ccc(NN=Cc2ccc(Oc3ccccc3)cc2)cc1. The lowest BCUT2D eigenvalue weighted by Gasteiger charge is -2.05. The van der Waals surface area contributed by atoms with Crippen LogP contribution in [0.15, 0.2) is 84.0 Å². The van der Waals surface area contributed by atoms with Gasteiger partial charge in [-0.15, -0.1) is 0 Å². The first-order chi connectivity index (χ1) is 11.3. The Bertz CT molecular complexity index is 769. The van der Waals surface area contributed by atoms with E-state index in [1.165, 1.54) is 12.1 Å². The second-order valence-corrected chi connectivity index (χ2v) is 4.86. The highest BCUT2D eigenvalue weighted by atomic mass is 19.1. The van der Waals surface area contributed by atoms with E-state index >= 15 is 0 Å². The van der Waals surface area contributed by atoms with E-state index in [0.29, 0.717) is 0 Å². The molecular weight excluding hydrogens is 291 g/mol. The monoisotopic (exact) mass is 306 g/mol. The molecule has 0 heterocycles. The molecule has 3 rings (SSSR count). The van der Waals surface area contributed by atoms with E-state index in [-0.39, 0.29) is 5.82 Å². The third-order valence-corrected chi connectivity index (χ3v) is 3.11. The Morgan fingerprint density at radius 2 is 1.43 bits per heavy atom. The van der Waals surface area contributed by atoms with Gasteiger partial charge in [-0.3, -0.25) is 5.43 Å². The zero-order valence-electron chi connectivity index (χ0n) is 12.3. The zero-order chi connectivity index (χ0) is 15.9. The summed E-state index contributed by atoms with van der Waals surface area (Å²) in [4.78, 5) is 0. The first-order valence-electron chi connectivity index (χ1n) is 7.17. The average Bonchev–Trinajstić information content (AvgIpc) is 2.59. The molecule has 0 aromatic heterocycles. The Labute approximate surface area is 134 Å². The molecule has 0 atom stereocenters. The van der Waals surface area contributed by atoms with Gasteiger partial charge in [0, 0.05) is 0 Å². The maximum atomic E-state index is 12.8. The van der Waals surface area contributed by atoms with E-state index in [9.17, 15) is 4.39 Å². The molecule has 0 spiro atoms. The van der Waals surface area contributed by atoms with Gasteiger partial charge in [0.2, 0.25) is 0 Å². The maximum Gasteiger partial charge on any atom is 0.127 e. The molecule has 4 heteroatoms. The summed E-state index contributed by atoms with van der Waals surface area (Å²) >= 11 is 0. The van der Waals surface area contributed by atoms with Gasteiger partial charge >= 0.3 is 0 Å². The van der Waals surface area contributed by atoms with Crippen molar-refractivity contribution in [1.82, 2.24) is 0 Å². The molecule has 3 aromatic carbocycles. The molecule has 0 aliphatic rings. The summed E-state index contributed by atoms with van der Waals surface area (Å²) in [7, 11) is 0. The number of anilines is 1. The van der Waals surface area contributed by atoms with Gasteiger partial charge in [0.05, 0.1) is 11.9 Å². The standard InChI is InChI=1S/C19H15FN2O/c20-16-8-10-17(11-9-16)22-21-14-15-6-12-19(13-7-15)23-18-4-2-1-3-5-18/h1-14,22H. The third-order valence-electron chi connectivity index (χ3n) is 3.11. The van der Waals surface area contributed by atoms with Gasteiger partial charge < -0.3 is 4.74 Å².